The quantitative estimate of drug-likeness (QED) is 0.671. The van der Waals surface area contributed by atoms with Gasteiger partial charge in [0.15, 0.2) is 0 Å². The van der Waals surface area contributed by atoms with E-state index in [9.17, 15) is 14.9 Å². The Bertz CT molecular complexity index is 486. The van der Waals surface area contributed by atoms with Crippen molar-refractivity contribution in [3.8, 4) is 0 Å². The molecule has 5 nitrogen and oxygen atoms in total. The monoisotopic (exact) mass is 270 g/mol. The molecule has 6 heteroatoms. The van der Waals surface area contributed by atoms with Crippen LogP contribution in [-0.4, -0.2) is 10.8 Å². The van der Waals surface area contributed by atoms with Crippen LogP contribution in [0.5, 0.6) is 0 Å². The largest absolute Gasteiger partial charge is 0.325 e. The smallest absolute Gasteiger partial charge is 0.289 e. The van der Waals surface area contributed by atoms with Crippen molar-refractivity contribution in [2.75, 3.05) is 5.32 Å². The number of anilines is 1. The molecule has 0 aliphatic carbocycles. The van der Waals surface area contributed by atoms with Crippen LogP contribution in [0, 0.1) is 15.5 Å². The number of carbonyl (C=O) groups is 1. The van der Waals surface area contributed by atoms with Gasteiger partial charge >= 0.3 is 0 Å². The van der Waals surface area contributed by atoms with Gasteiger partial charge < -0.3 is 5.32 Å². The van der Waals surface area contributed by atoms with Crippen LogP contribution >= 0.6 is 11.6 Å². The number of nitrogens with zero attached hydrogens (tertiary/aromatic N) is 1. The van der Waals surface area contributed by atoms with Crippen molar-refractivity contribution in [3.63, 3.8) is 0 Å². The van der Waals surface area contributed by atoms with E-state index in [1.165, 1.54) is 12.1 Å². The Kier molecular flexibility index (Phi) is 4.29. The van der Waals surface area contributed by atoms with E-state index in [-0.39, 0.29) is 16.6 Å². The minimum atomic E-state index is -0.580. The highest BCUT2D eigenvalue weighted by Crippen LogP contribution is 2.29. The molecule has 0 aromatic heterocycles. The van der Waals surface area contributed by atoms with E-state index >= 15 is 0 Å². The van der Waals surface area contributed by atoms with Crippen LogP contribution in [0.3, 0.4) is 0 Å². The lowest BCUT2D eigenvalue weighted by Gasteiger charge is -2.21. The Balaban J connectivity index is 2.96. The number of benzene rings is 1. The van der Waals surface area contributed by atoms with Crippen LogP contribution < -0.4 is 5.32 Å². The van der Waals surface area contributed by atoms with Crippen LogP contribution in [0.25, 0.3) is 0 Å². The lowest BCUT2D eigenvalue weighted by atomic mass is 9.89. The molecule has 1 rings (SSSR count). The van der Waals surface area contributed by atoms with Crippen molar-refractivity contribution in [1.82, 2.24) is 0 Å². The number of carbonyl (C=O) groups excluding carboxylic acids is 1. The van der Waals surface area contributed by atoms with Gasteiger partial charge in [-0.1, -0.05) is 32.4 Å². The molecule has 0 fully saturated rings. The topological polar surface area (TPSA) is 72.2 Å². The summed E-state index contributed by atoms with van der Waals surface area (Å²) in [5, 5.41) is 13.4. The number of nitrogens with one attached hydrogen (secondary N) is 1. The Labute approximate surface area is 110 Å². The molecule has 0 aliphatic rings. The van der Waals surface area contributed by atoms with Gasteiger partial charge in [-0.3, -0.25) is 14.9 Å². The first kappa shape index (κ1) is 14.4. The zero-order valence-corrected chi connectivity index (χ0v) is 11.2. The average molecular weight is 271 g/mol. The second-order valence-electron chi connectivity index (χ2n) is 4.61. The number of nitro groups is 1. The van der Waals surface area contributed by atoms with E-state index in [4.69, 9.17) is 11.6 Å². The highest BCUT2D eigenvalue weighted by molar-refractivity contribution is 6.32. The van der Waals surface area contributed by atoms with Gasteiger partial charge in [0.1, 0.15) is 5.02 Å². The summed E-state index contributed by atoms with van der Waals surface area (Å²) < 4.78 is 0. The predicted octanol–water partition coefficient (Wildman–Crippen LogP) is 3.62. The fraction of sp³-hybridized carbons (Fsp3) is 0.417. The van der Waals surface area contributed by atoms with E-state index in [0.717, 1.165) is 0 Å². The molecule has 0 saturated carbocycles. The fourth-order valence-corrected chi connectivity index (χ4v) is 1.38. The molecule has 0 heterocycles. The van der Waals surface area contributed by atoms with Crippen molar-refractivity contribution in [2.24, 2.45) is 5.41 Å². The molecule has 0 saturated heterocycles. The van der Waals surface area contributed by atoms with Gasteiger partial charge in [0.25, 0.3) is 5.69 Å². The van der Waals surface area contributed by atoms with Gasteiger partial charge in [0.2, 0.25) is 5.91 Å². The predicted molar refractivity (Wildman–Crippen MR) is 70.8 cm³/mol. The van der Waals surface area contributed by atoms with Crippen LogP contribution in [-0.2, 0) is 4.79 Å². The molecule has 0 spiro atoms. The van der Waals surface area contributed by atoms with Gasteiger partial charge in [0, 0.05) is 17.2 Å². The van der Waals surface area contributed by atoms with E-state index in [1.54, 1.807) is 6.07 Å². The summed E-state index contributed by atoms with van der Waals surface area (Å²) in [4.78, 5) is 22.1. The third kappa shape index (κ3) is 3.20. The van der Waals surface area contributed by atoms with Crippen LogP contribution in [0.15, 0.2) is 18.2 Å². The molecule has 1 aromatic carbocycles. The van der Waals surface area contributed by atoms with E-state index in [1.807, 2.05) is 20.8 Å². The molecular formula is C12H15ClN2O3. The summed E-state index contributed by atoms with van der Waals surface area (Å²) in [6.45, 7) is 5.53. The highest BCUT2D eigenvalue weighted by atomic mass is 35.5. The molecule has 98 valence electrons. The van der Waals surface area contributed by atoms with Crippen molar-refractivity contribution < 1.29 is 9.72 Å². The number of halogens is 1. The number of rotatable bonds is 4. The zero-order chi connectivity index (χ0) is 13.9. The first-order chi connectivity index (χ1) is 8.27. The van der Waals surface area contributed by atoms with E-state index in [0.29, 0.717) is 12.1 Å². The lowest BCUT2D eigenvalue weighted by molar-refractivity contribution is -0.384. The van der Waals surface area contributed by atoms with Gasteiger partial charge in [-0.05, 0) is 18.6 Å². The Morgan fingerprint density at radius 2 is 2.11 bits per heavy atom. The molecule has 0 bridgehead atoms. The molecular weight excluding hydrogens is 256 g/mol. The summed E-state index contributed by atoms with van der Waals surface area (Å²) in [7, 11) is 0. The zero-order valence-electron chi connectivity index (χ0n) is 10.5. The standard InChI is InChI=1S/C12H15ClN2O3/c1-4-12(2,3)11(16)14-8-5-6-9(13)10(7-8)15(17)18/h5-7H,4H2,1-3H3,(H,14,16). The van der Waals surface area contributed by atoms with Crippen LogP contribution in [0.4, 0.5) is 11.4 Å². The van der Waals surface area contributed by atoms with E-state index < -0.39 is 10.3 Å². The molecule has 18 heavy (non-hydrogen) atoms. The first-order valence-corrected chi connectivity index (χ1v) is 5.91. The Hall–Kier alpha value is -1.62. The normalized spacial score (nSPS) is 11.1. The third-order valence-corrected chi connectivity index (χ3v) is 3.22. The van der Waals surface area contributed by atoms with Crippen LogP contribution in [0.1, 0.15) is 27.2 Å². The lowest BCUT2D eigenvalue weighted by Crippen LogP contribution is -2.29. The fourth-order valence-electron chi connectivity index (χ4n) is 1.19. The number of nitro benzene ring substituents is 1. The molecule has 1 aromatic rings. The van der Waals surface area contributed by atoms with Crippen molar-refractivity contribution in [1.29, 1.82) is 0 Å². The van der Waals surface area contributed by atoms with Gasteiger partial charge in [-0.15, -0.1) is 0 Å². The second-order valence-corrected chi connectivity index (χ2v) is 5.02. The average Bonchev–Trinajstić information content (AvgIpc) is 2.31. The summed E-state index contributed by atoms with van der Waals surface area (Å²) >= 11 is 5.69. The summed E-state index contributed by atoms with van der Waals surface area (Å²) in [6.07, 6.45) is 0.675. The van der Waals surface area contributed by atoms with Crippen molar-refractivity contribution >= 4 is 28.9 Å². The molecule has 1 N–H and O–H groups in total. The maximum absolute atomic E-state index is 11.9. The Morgan fingerprint density at radius 1 is 1.50 bits per heavy atom. The highest BCUT2D eigenvalue weighted by Gasteiger charge is 2.25. The van der Waals surface area contributed by atoms with Crippen molar-refractivity contribution in [3.05, 3.63) is 33.3 Å². The maximum Gasteiger partial charge on any atom is 0.289 e. The summed E-state index contributed by atoms with van der Waals surface area (Å²) in [5.74, 6) is -0.179. The van der Waals surface area contributed by atoms with Gasteiger partial charge in [-0.25, -0.2) is 0 Å². The molecule has 0 aliphatic heterocycles. The molecule has 0 atom stereocenters. The molecule has 1 amide bonds. The number of amides is 1. The van der Waals surface area contributed by atoms with Crippen molar-refractivity contribution in [2.45, 2.75) is 27.2 Å². The van der Waals surface area contributed by atoms with Crippen LogP contribution in [0.2, 0.25) is 5.02 Å². The van der Waals surface area contributed by atoms with E-state index in [2.05, 4.69) is 5.32 Å². The minimum Gasteiger partial charge on any atom is -0.325 e. The summed E-state index contributed by atoms with van der Waals surface area (Å²) in [5.41, 5.74) is -0.365. The van der Waals surface area contributed by atoms with Gasteiger partial charge in [-0.2, -0.15) is 0 Å². The molecule has 0 unspecified atom stereocenters. The maximum atomic E-state index is 11.9. The molecule has 0 radical (unpaired) electrons. The second kappa shape index (κ2) is 5.35. The number of hydrogen-bond donors (Lipinski definition) is 1. The summed E-state index contributed by atoms with van der Waals surface area (Å²) in [6, 6.07) is 4.19. The van der Waals surface area contributed by atoms with Gasteiger partial charge in [0.05, 0.1) is 4.92 Å². The minimum absolute atomic E-state index is 0.0488. The first-order valence-electron chi connectivity index (χ1n) is 5.53. The number of hydrogen-bond acceptors (Lipinski definition) is 3. The Morgan fingerprint density at radius 3 is 2.61 bits per heavy atom. The SMILES string of the molecule is CCC(C)(C)C(=O)Nc1ccc(Cl)c([N+](=O)[O-])c1. The third-order valence-electron chi connectivity index (χ3n) is 2.90.